The van der Waals surface area contributed by atoms with Crippen LogP contribution in [0.2, 0.25) is 0 Å². The maximum atomic E-state index is 3.18. The molecular formula is C14H20N2. The summed E-state index contributed by atoms with van der Waals surface area (Å²) in [6.45, 7) is 3.24. The van der Waals surface area contributed by atoms with Gasteiger partial charge in [0.1, 0.15) is 0 Å². The zero-order chi connectivity index (χ0) is 11.5. The molecule has 2 rings (SSSR count). The van der Waals surface area contributed by atoms with E-state index in [-0.39, 0.29) is 0 Å². The Hall–Kier alpha value is -1.28. The first kappa shape index (κ1) is 11.2. The first-order chi connectivity index (χ1) is 7.72. The van der Waals surface area contributed by atoms with Crippen LogP contribution in [0.3, 0.4) is 0 Å². The summed E-state index contributed by atoms with van der Waals surface area (Å²) in [6, 6.07) is 9.06. The second kappa shape index (κ2) is 4.71. The topological polar surface area (TPSA) is 17.0 Å². The first-order valence-electron chi connectivity index (χ1n) is 5.92. The van der Waals surface area contributed by atoms with Crippen molar-refractivity contribution in [3.05, 3.63) is 35.5 Å². The highest BCUT2D eigenvalue weighted by Gasteiger charge is 2.02. The summed E-state index contributed by atoms with van der Waals surface area (Å²) in [5.41, 5.74) is 4.09. The third-order valence-electron chi connectivity index (χ3n) is 3.24. The Kier molecular flexibility index (Phi) is 3.30. The fraction of sp³-hybridized carbons (Fsp3) is 0.429. The lowest BCUT2D eigenvalue weighted by atomic mass is 10.1. The third-order valence-corrected chi connectivity index (χ3v) is 3.24. The number of hydrogen-bond acceptors (Lipinski definition) is 1. The molecule has 0 saturated carbocycles. The molecule has 0 radical (unpaired) electrons. The molecular weight excluding hydrogens is 196 g/mol. The molecule has 1 aromatic carbocycles. The Morgan fingerprint density at radius 3 is 2.81 bits per heavy atom. The largest absolute Gasteiger partial charge is 0.348 e. The van der Waals surface area contributed by atoms with Crippen LogP contribution in [0, 0.1) is 6.92 Å². The monoisotopic (exact) mass is 216 g/mol. The Bertz CT molecular complexity index is 483. The van der Waals surface area contributed by atoms with Gasteiger partial charge in [0.15, 0.2) is 0 Å². The highest BCUT2D eigenvalue weighted by Crippen LogP contribution is 2.20. The number of hydrogen-bond donors (Lipinski definition) is 1. The molecule has 1 aromatic heterocycles. The van der Waals surface area contributed by atoms with Gasteiger partial charge in [-0.2, -0.15) is 0 Å². The second-order valence-electron chi connectivity index (χ2n) is 4.45. The van der Waals surface area contributed by atoms with Crippen molar-refractivity contribution in [2.24, 2.45) is 7.05 Å². The Labute approximate surface area is 97.3 Å². The van der Waals surface area contributed by atoms with E-state index in [4.69, 9.17) is 0 Å². The predicted molar refractivity (Wildman–Crippen MR) is 69.9 cm³/mol. The van der Waals surface area contributed by atoms with Crippen LogP contribution < -0.4 is 5.32 Å². The van der Waals surface area contributed by atoms with Crippen LogP contribution in [0.5, 0.6) is 0 Å². The van der Waals surface area contributed by atoms with Crippen LogP contribution in [0.4, 0.5) is 0 Å². The summed E-state index contributed by atoms with van der Waals surface area (Å²) in [5, 5.41) is 4.55. The van der Waals surface area contributed by atoms with Crippen LogP contribution in [-0.4, -0.2) is 18.2 Å². The molecule has 0 saturated heterocycles. The molecule has 86 valence electrons. The van der Waals surface area contributed by atoms with Crippen molar-refractivity contribution in [3.63, 3.8) is 0 Å². The van der Waals surface area contributed by atoms with E-state index in [2.05, 4.69) is 48.1 Å². The molecule has 0 spiro atoms. The molecule has 0 amide bonds. The van der Waals surface area contributed by atoms with Gasteiger partial charge in [-0.05, 0) is 57.1 Å². The normalized spacial score (nSPS) is 11.2. The number of nitrogens with one attached hydrogen (secondary N) is 1. The molecule has 0 aliphatic heterocycles. The molecule has 16 heavy (non-hydrogen) atoms. The fourth-order valence-electron chi connectivity index (χ4n) is 2.16. The standard InChI is InChI=1S/C14H20N2/c1-11-9-13-10-12(5-4-8-15-2)6-7-14(13)16(11)3/h6-7,9-10,15H,4-5,8H2,1-3H3. The molecule has 2 aromatic rings. The molecule has 0 unspecified atom stereocenters. The number of aryl methyl sites for hydroxylation is 3. The van der Waals surface area contributed by atoms with E-state index in [0.717, 1.165) is 13.0 Å². The van der Waals surface area contributed by atoms with Gasteiger partial charge in [-0.3, -0.25) is 0 Å². The van der Waals surface area contributed by atoms with Gasteiger partial charge in [0.2, 0.25) is 0 Å². The van der Waals surface area contributed by atoms with Crippen LogP contribution >= 0.6 is 0 Å². The Morgan fingerprint density at radius 2 is 2.06 bits per heavy atom. The van der Waals surface area contributed by atoms with Gasteiger partial charge < -0.3 is 9.88 Å². The lowest BCUT2D eigenvalue weighted by Crippen LogP contribution is -2.08. The minimum atomic E-state index is 1.09. The molecule has 0 bridgehead atoms. The van der Waals surface area contributed by atoms with Gasteiger partial charge >= 0.3 is 0 Å². The van der Waals surface area contributed by atoms with Gasteiger partial charge in [-0.1, -0.05) is 6.07 Å². The predicted octanol–water partition coefficient (Wildman–Crippen LogP) is 2.64. The van der Waals surface area contributed by atoms with Crippen LogP contribution in [0.15, 0.2) is 24.3 Å². The maximum absolute atomic E-state index is 3.18. The number of fused-ring (bicyclic) bond motifs is 1. The number of rotatable bonds is 4. The van der Waals surface area contributed by atoms with Crippen molar-refractivity contribution < 1.29 is 0 Å². The van der Waals surface area contributed by atoms with Crippen molar-refractivity contribution in [1.29, 1.82) is 0 Å². The maximum Gasteiger partial charge on any atom is 0.0479 e. The van der Waals surface area contributed by atoms with Crippen LogP contribution in [0.1, 0.15) is 17.7 Å². The summed E-state index contributed by atoms with van der Waals surface area (Å²) in [4.78, 5) is 0. The van der Waals surface area contributed by atoms with E-state index < -0.39 is 0 Å². The van der Waals surface area contributed by atoms with Gasteiger partial charge in [-0.15, -0.1) is 0 Å². The number of benzene rings is 1. The zero-order valence-electron chi connectivity index (χ0n) is 10.4. The molecule has 2 heteroatoms. The van der Waals surface area contributed by atoms with Gasteiger partial charge in [0.25, 0.3) is 0 Å². The molecule has 1 N–H and O–H groups in total. The molecule has 0 fully saturated rings. The summed E-state index contributed by atoms with van der Waals surface area (Å²) in [6.07, 6.45) is 2.36. The lowest BCUT2D eigenvalue weighted by Gasteiger charge is -2.03. The SMILES string of the molecule is CNCCCc1ccc2c(c1)cc(C)n2C. The van der Waals surface area contributed by atoms with Gasteiger partial charge in [0.05, 0.1) is 0 Å². The zero-order valence-corrected chi connectivity index (χ0v) is 10.4. The third kappa shape index (κ3) is 2.12. The minimum Gasteiger partial charge on any atom is -0.348 e. The summed E-state index contributed by atoms with van der Waals surface area (Å²) < 4.78 is 2.24. The fourth-order valence-corrected chi connectivity index (χ4v) is 2.16. The molecule has 0 atom stereocenters. The minimum absolute atomic E-state index is 1.09. The molecule has 0 aliphatic carbocycles. The van der Waals surface area contributed by atoms with E-state index in [9.17, 15) is 0 Å². The van der Waals surface area contributed by atoms with E-state index in [1.165, 1.54) is 28.6 Å². The van der Waals surface area contributed by atoms with E-state index in [1.807, 2.05) is 7.05 Å². The van der Waals surface area contributed by atoms with Crippen molar-refractivity contribution in [2.45, 2.75) is 19.8 Å². The highest BCUT2D eigenvalue weighted by molar-refractivity contribution is 5.81. The van der Waals surface area contributed by atoms with Gasteiger partial charge in [-0.25, -0.2) is 0 Å². The Morgan fingerprint density at radius 1 is 1.25 bits per heavy atom. The summed E-state index contributed by atoms with van der Waals surface area (Å²) >= 11 is 0. The van der Waals surface area contributed by atoms with Crippen molar-refractivity contribution in [1.82, 2.24) is 9.88 Å². The summed E-state index contributed by atoms with van der Waals surface area (Å²) in [5.74, 6) is 0. The van der Waals surface area contributed by atoms with Gasteiger partial charge in [0, 0.05) is 23.6 Å². The van der Waals surface area contributed by atoms with E-state index >= 15 is 0 Å². The lowest BCUT2D eigenvalue weighted by molar-refractivity contribution is 0.725. The Balaban J connectivity index is 2.23. The van der Waals surface area contributed by atoms with Crippen molar-refractivity contribution in [3.8, 4) is 0 Å². The smallest absolute Gasteiger partial charge is 0.0479 e. The van der Waals surface area contributed by atoms with Crippen molar-refractivity contribution >= 4 is 10.9 Å². The summed E-state index contributed by atoms with van der Waals surface area (Å²) in [7, 11) is 4.13. The van der Waals surface area contributed by atoms with Crippen LogP contribution in [-0.2, 0) is 13.5 Å². The second-order valence-corrected chi connectivity index (χ2v) is 4.45. The van der Waals surface area contributed by atoms with E-state index in [0.29, 0.717) is 0 Å². The number of nitrogens with zero attached hydrogens (tertiary/aromatic N) is 1. The van der Waals surface area contributed by atoms with Crippen molar-refractivity contribution in [2.75, 3.05) is 13.6 Å². The average molecular weight is 216 g/mol. The quantitative estimate of drug-likeness (QED) is 0.777. The molecule has 1 heterocycles. The number of aromatic nitrogens is 1. The highest BCUT2D eigenvalue weighted by atomic mass is 14.9. The average Bonchev–Trinajstić information content (AvgIpc) is 2.55. The first-order valence-corrected chi connectivity index (χ1v) is 5.92. The molecule has 2 nitrogen and oxygen atoms in total. The van der Waals surface area contributed by atoms with Crippen LogP contribution in [0.25, 0.3) is 10.9 Å². The van der Waals surface area contributed by atoms with E-state index in [1.54, 1.807) is 0 Å². The molecule has 0 aliphatic rings.